The van der Waals surface area contributed by atoms with Crippen molar-refractivity contribution in [3.05, 3.63) is 22.7 Å². The molecule has 0 unspecified atom stereocenters. The van der Waals surface area contributed by atoms with Crippen molar-refractivity contribution < 1.29 is 9.53 Å². The molecule has 1 aromatic carbocycles. The van der Waals surface area contributed by atoms with Gasteiger partial charge in [-0.15, -0.1) is 0 Å². The molecule has 0 aliphatic rings. The summed E-state index contributed by atoms with van der Waals surface area (Å²) in [5.74, 6) is 0.232. The molecule has 0 fully saturated rings. The van der Waals surface area contributed by atoms with Gasteiger partial charge in [0.2, 0.25) is 5.91 Å². The lowest BCUT2D eigenvalue weighted by Gasteiger charge is -2.19. The van der Waals surface area contributed by atoms with Crippen molar-refractivity contribution in [2.45, 2.75) is 26.3 Å². The molecular formula is C12H17ClN2O2. The monoisotopic (exact) mass is 256 g/mol. The first-order valence-electron chi connectivity index (χ1n) is 5.20. The zero-order valence-corrected chi connectivity index (χ0v) is 11.2. The number of ether oxygens (including phenoxy) is 1. The summed E-state index contributed by atoms with van der Waals surface area (Å²) >= 11 is 5.97. The van der Waals surface area contributed by atoms with Crippen LogP contribution in [0.5, 0.6) is 5.75 Å². The lowest BCUT2D eigenvalue weighted by Crippen LogP contribution is -2.45. The van der Waals surface area contributed by atoms with E-state index in [0.29, 0.717) is 16.5 Å². The van der Waals surface area contributed by atoms with Gasteiger partial charge < -0.3 is 15.8 Å². The summed E-state index contributed by atoms with van der Waals surface area (Å²) in [6.07, 6.45) is 0. The van der Waals surface area contributed by atoms with Crippen LogP contribution >= 0.6 is 11.6 Å². The molecule has 4 nitrogen and oxygen atoms in total. The van der Waals surface area contributed by atoms with Gasteiger partial charge in [0.05, 0.1) is 18.3 Å². The van der Waals surface area contributed by atoms with Crippen molar-refractivity contribution in [2.75, 3.05) is 12.4 Å². The van der Waals surface area contributed by atoms with E-state index in [0.717, 1.165) is 5.56 Å². The van der Waals surface area contributed by atoms with Gasteiger partial charge in [-0.25, -0.2) is 0 Å². The van der Waals surface area contributed by atoms with Crippen LogP contribution in [0.4, 0.5) is 5.69 Å². The molecule has 17 heavy (non-hydrogen) atoms. The summed E-state index contributed by atoms with van der Waals surface area (Å²) in [5.41, 5.74) is 6.19. The van der Waals surface area contributed by atoms with Crippen LogP contribution in [0.2, 0.25) is 5.02 Å². The van der Waals surface area contributed by atoms with Gasteiger partial charge in [-0.1, -0.05) is 11.6 Å². The summed E-state index contributed by atoms with van der Waals surface area (Å²) in [6.45, 7) is 5.13. The van der Waals surface area contributed by atoms with E-state index in [1.54, 1.807) is 26.0 Å². The Kier molecular flexibility index (Phi) is 4.01. The number of rotatable bonds is 3. The average molecular weight is 257 g/mol. The number of halogens is 1. The molecule has 3 N–H and O–H groups in total. The number of methoxy groups -OCH3 is 1. The Morgan fingerprint density at radius 1 is 1.47 bits per heavy atom. The van der Waals surface area contributed by atoms with E-state index in [4.69, 9.17) is 22.1 Å². The molecule has 0 aliphatic heterocycles. The van der Waals surface area contributed by atoms with E-state index in [9.17, 15) is 4.79 Å². The number of hydrogen-bond donors (Lipinski definition) is 2. The fourth-order valence-electron chi connectivity index (χ4n) is 1.21. The van der Waals surface area contributed by atoms with Gasteiger partial charge in [-0.05, 0) is 32.4 Å². The molecule has 1 aromatic rings. The Balaban J connectivity index is 3.06. The maximum atomic E-state index is 11.8. The number of carbonyl (C=O) groups is 1. The highest BCUT2D eigenvalue weighted by molar-refractivity contribution is 6.31. The standard InChI is InChI=1S/C12H17ClN2O2/c1-7-5-9(10(17-4)6-8(7)13)15-11(16)12(2,3)14/h5-6H,14H2,1-4H3,(H,15,16). The van der Waals surface area contributed by atoms with Gasteiger partial charge in [0.25, 0.3) is 0 Å². The third-order valence-electron chi connectivity index (χ3n) is 2.31. The van der Waals surface area contributed by atoms with Gasteiger partial charge >= 0.3 is 0 Å². The number of nitrogens with one attached hydrogen (secondary N) is 1. The number of benzene rings is 1. The molecule has 0 atom stereocenters. The lowest BCUT2D eigenvalue weighted by molar-refractivity contribution is -0.120. The molecule has 0 bridgehead atoms. The fraction of sp³-hybridized carbons (Fsp3) is 0.417. The number of anilines is 1. The van der Waals surface area contributed by atoms with Gasteiger partial charge in [-0.2, -0.15) is 0 Å². The molecular weight excluding hydrogens is 240 g/mol. The minimum absolute atomic E-state index is 0.280. The number of carbonyl (C=O) groups excluding carboxylic acids is 1. The molecule has 1 rings (SSSR count). The lowest BCUT2D eigenvalue weighted by atomic mass is 10.1. The third kappa shape index (κ3) is 3.35. The minimum Gasteiger partial charge on any atom is -0.495 e. The third-order valence-corrected chi connectivity index (χ3v) is 2.72. The normalized spacial score (nSPS) is 11.2. The van der Waals surface area contributed by atoms with Crippen LogP contribution in [0.15, 0.2) is 12.1 Å². The van der Waals surface area contributed by atoms with Crippen LogP contribution in [0.25, 0.3) is 0 Å². The second-order valence-corrected chi connectivity index (χ2v) is 4.88. The largest absolute Gasteiger partial charge is 0.495 e. The average Bonchev–Trinajstić information content (AvgIpc) is 2.21. The Hall–Kier alpha value is -1.26. The van der Waals surface area contributed by atoms with E-state index in [2.05, 4.69) is 5.32 Å². The van der Waals surface area contributed by atoms with Crippen molar-refractivity contribution >= 4 is 23.2 Å². The molecule has 0 radical (unpaired) electrons. The van der Waals surface area contributed by atoms with Crippen molar-refractivity contribution in [1.29, 1.82) is 0 Å². The first kappa shape index (κ1) is 13.8. The molecule has 1 amide bonds. The first-order valence-corrected chi connectivity index (χ1v) is 5.58. The van der Waals surface area contributed by atoms with Crippen molar-refractivity contribution in [3.63, 3.8) is 0 Å². The van der Waals surface area contributed by atoms with E-state index in [1.165, 1.54) is 7.11 Å². The maximum Gasteiger partial charge on any atom is 0.243 e. The van der Waals surface area contributed by atoms with Crippen LogP contribution in [0.3, 0.4) is 0 Å². The zero-order valence-electron chi connectivity index (χ0n) is 10.4. The summed E-state index contributed by atoms with van der Waals surface area (Å²) < 4.78 is 5.15. The Morgan fingerprint density at radius 3 is 2.53 bits per heavy atom. The molecule has 0 heterocycles. The molecule has 94 valence electrons. The maximum absolute atomic E-state index is 11.8. The Bertz CT molecular complexity index is 439. The summed E-state index contributed by atoms with van der Waals surface area (Å²) in [5, 5.41) is 3.31. The van der Waals surface area contributed by atoms with E-state index in [1.807, 2.05) is 6.92 Å². The SMILES string of the molecule is COc1cc(Cl)c(C)cc1NC(=O)C(C)(C)N. The zero-order chi connectivity index (χ0) is 13.2. The quantitative estimate of drug-likeness (QED) is 0.872. The van der Waals surface area contributed by atoms with Crippen LogP contribution in [-0.2, 0) is 4.79 Å². The highest BCUT2D eigenvalue weighted by Crippen LogP contribution is 2.31. The number of hydrogen-bond acceptors (Lipinski definition) is 3. The van der Waals surface area contributed by atoms with Crippen LogP contribution < -0.4 is 15.8 Å². The molecule has 0 aromatic heterocycles. The molecule has 5 heteroatoms. The second-order valence-electron chi connectivity index (χ2n) is 4.48. The predicted molar refractivity (Wildman–Crippen MR) is 69.6 cm³/mol. The summed E-state index contributed by atoms with van der Waals surface area (Å²) in [4.78, 5) is 11.8. The molecule has 0 saturated heterocycles. The van der Waals surface area contributed by atoms with Crippen molar-refractivity contribution in [3.8, 4) is 5.75 Å². The van der Waals surface area contributed by atoms with Gasteiger partial charge in [0, 0.05) is 11.1 Å². The Labute approximate surface area is 106 Å². The van der Waals surface area contributed by atoms with Gasteiger partial charge in [-0.3, -0.25) is 4.79 Å². The molecule has 0 aliphatic carbocycles. The fourth-order valence-corrected chi connectivity index (χ4v) is 1.37. The number of aryl methyl sites for hydroxylation is 1. The molecule has 0 saturated carbocycles. The van der Waals surface area contributed by atoms with Crippen LogP contribution in [0.1, 0.15) is 19.4 Å². The number of nitrogens with two attached hydrogens (primary N) is 1. The Morgan fingerprint density at radius 2 is 2.06 bits per heavy atom. The van der Waals surface area contributed by atoms with Gasteiger partial charge in [0.15, 0.2) is 0 Å². The van der Waals surface area contributed by atoms with E-state index in [-0.39, 0.29) is 5.91 Å². The summed E-state index contributed by atoms with van der Waals surface area (Å²) in [7, 11) is 1.52. The minimum atomic E-state index is -0.946. The highest BCUT2D eigenvalue weighted by Gasteiger charge is 2.23. The van der Waals surface area contributed by atoms with Gasteiger partial charge in [0.1, 0.15) is 5.75 Å². The molecule has 0 spiro atoms. The van der Waals surface area contributed by atoms with E-state index >= 15 is 0 Å². The van der Waals surface area contributed by atoms with Crippen molar-refractivity contribution in [1.82, 2.24) is 0 Å². The second kappa shape index (κ2) is 4.94. The summed E-state index contributed by atoms with van der Waals surface area (Å²) in [6, 6.07) is 3.42. The van der Waals surface area contributed by atoms with Crippen LogP contribution in [-0.4, -0.2) is 18.6 Å². The number of amides is 1. The van der Waals surface area contributed by atoms with E-state index < -0.39 is 5.54 Å². The smallest absolute Gasteiger partial charge is 0.243 e. The highest BCUT2D eigenvalue weighted by atomic mass is 35.5. The topological polar surface area (TPSA) is 64.3 Å². The van der Waals surface area contributed by atoms with Crippen molar-refractivity contribution in [2.24, 2.45) is 5.73 Å². The predicted octanol–water partition coefficient (Wildman–Crippen LogP) is 2.33. The first-order chi connectivity index (χ1) is 7.75. The van der Waals surface area contributed by atoms with Crippen LogP contribution in [0, 0.1) is 6.92 Å².